The monoisotopic (exact) mass is 167 g/mol. The summed E-state index contributed by atoms with van der Waals surface area (Å²) in [6, 6.07) is 6.39. The quantitative estimate of drug-likeness (QED) is 0.363. The van der Waals surface area contributed by atoms with Crippen LogP contribution in [0, 0.1) is 6.92 Å². The van der Waals surface area contributed by atoms with Gasteiger partial charge in [-0.1, -0.05) is 17.3 Å². The molecule has 0 N–H and O–H groups in total. The Morgan fingerprint density at radius 3 is 2.85 bits per heavy atom. The number of anilines is 1. The summed E-state index contributed by atoms with van der Waals surface area (Å²) in [4.78, 5) is 2.31. The zero-order chi connectivity index (χ0) is 8.55. The molecule has 0 spiro atoms. The van der Waals surface area contributed by atoms with Gasteiger partial charge in [-0.05, 0) is 19.9 Å². The van der Waals surface area contributed by atoms with Crippen LogP contribution in [0.5, 0.6) is 0 Å². The summed E-state index contributed by atoms with van der Waals surface area (Å²) in [5, 5.41) is 0. The smallest absolute Gasteiger partial charge is 0.425 e. The van der Waals surface area contributed by atoms with Crippen LogP contribution in [-0.2, 0) is 6.42 Å². The van der Waals surface area contributed by atoms with Gasteiger partial charge >= 0.3 is 18.9 Å². The second-order valence-corrected chi connectivity index (χ2v) is 3.45. The number of rotatable bonds is 0. The SMILES string of the molecule is [CH2-]c1cccc2c1N(C)CCC2.[Li+]. The zero-order valence-electron chi connectivity index (χ0n) is 8.51. The van der Waals surface area contributed by atoms with E-state index in [1.54, 1.807) is 0 Å². The maximum Gasteiger partial charge on any atom is 1.00 e. The van der Waals surface area contributed by atoms with Gasteiger partial charge in [-0.3, -0.25) is 0 Å². The first-order valence-electron chi connectivity index (χ1n) is 4.44. The molecule has 0 bridgehead atoms. The molecule has 0 aliphatic carbocycles. The van der Waals surface area contributed by atoms with Gasteiger partial charge in [0.1, 0.15) is 0 Å². The topological polar surface area (TPSA) is 3.24 Å². The number of para-hydroxylation sites is 1. The zero-order valence-corrected chi connectivity index (χ0v) is 8.51. The molecule has 13 heavy (non-hydrogen) atoms. The number of hydrogen-bond acceptors (Lipinski definition) is 1. The van der Waals surface area contributed by atoms with Gasteiger partial charge < -0.3 is 4.90 Å². The normalized spacial score (nSPS) is 14.7. The summed E-state index contributed by atoms with van der Waals surface area (Å²) in [5.74, 6) is 0. The molecule has 1 nitrogen and oxygen atoms in total. The number of aryl methyl sites for hydroxylation is 1. The van der Waals surface area contributed by atoms with Gasteiger partial charge in [-0.25, -0.2) is 0 Å². The second kappa shape index (κ2) is 4.13. The van der Waals surface area contributed by atoms with Crippen LogP contribution in [0.15, 0.2) is 18.2 Å². The summed E-state index contributed by atoms with van der Waals surface area (Å²) in [5.41, 5.74) is 3.97. The summed E-state index contributed by atoms with van der Waals surface area (Å²) in [7, 11) is 2.15. The molecular weight excluding hydrogens is 153 g/mol. The molecule has 0 atom stereocenters. The average Bonchev–Trinajstić information content (AvgIpc) is 2.04. The second-order valence-electron chi connectivity index (χ2n) is 3.45. The molecule has 0 fully saturated rings. The molecule has 0 radical (unpaired) electrons. The fraction of sp³-hybridized carbons (Fsp3) is 0.364. The Hall–Kier alpha value is -0.513. The first-order valence-corrected chi connectivity index (χ1v) is 4.44. The summed E-state index contributed by atoms with van der Waals surface area (Å²) in [6.45, 7) is 5.21. The molecule has 2 rings (SSSR count). The molecule has 0 aromatic heterocycles. The van der Waals surface area contributed by atoms with Crippen molar-refractivity contribution in [2.24, 2.45) is 0 Å². The molecule has 0 saturated heterocycles. The first kappa shape index (κ1) is 10.6. The maximum atomic E-state index is 4.04. The van der Waals surface area contributed by atoms with Gasteiger partial charge in [-0.2, -0.15) is 18.6 Å². The third kappa shape index (κ3) is 1.87. The van der Waals surface area contributed by atoms with Crippen molar-refractivity contribution >= 4 is 5.69 Å². The number of nitrogens with zero attached hydrogens (tertiary/aromatic N) is 1. The molecular formula is C11H14LiN. The Kier molecular flexibility index (Phi) is 3.36. The van der Waals surface area contributed by atoms with E-state index in [2.05, 4.69) is 37.1 Å². The molecule has 0 amide bonds. The van der Waals surface area contributed by atoms with E-state index in [0.29, 0.717) is 0 Å². The van der Waals surface area contributed by atoms with E-state index in [0.717, 1.165) is 5.56 Å². The van der Waals surface area contributed by atoms with Crippen molar-refractivity contribution in [3.05, 3.63) is 36.2 Å². The van der Waals surface area contributed by atoms with E-state index in [-0.39, 0.29) is 18.9 Å². The van der Waals surface area contributed by atoms with E-state index in [1.807, 2.05) is 0 Å². The first-order chi connectivity index (χ1) is 5.79. The van der Waals surface area contributed by atoms with Gasteiger partial charge in [0.25, 0.3) is 0 Å². The van der Waals surface area contributed by atoms with Crippen LogP contribution in [0.25, 0.3) is 0 Å². The third-order valence-corrected chi connectivity index (χ3v) is 2.52. The van der Waals surface area contributed by atoms with Crippen molar-refractivity contribution in [1.82, 2.24) is 0 Å². The molecule has 1 aliphatic heterocycles. The van der Waals surface area contributed by atoms with E-state index >= 15 is 0 Å². The standard InChI is InChI=1S/C11H14N.Li/c1-9-5-3-6-10-7-4-8-12(2)11(9)10;/h3,5-6H,1,4,7-8H2,2H3;/q-1;+1. The molecule has 0 saturated carbocycles. The fourth-order valence-corrected chi connectivity index (χ4v) is 1.96. The van der Waals surface area contributed by atoms with Crippen LogP contribution in [0.4, 0.5) is 5.69 Å². The van der Waals surface area contributed by atoms with Crippen LogP contribution >= 0.6 is 0 Å². The minimum atomic E-state index is 0. The van der Waals surface area contributed by atoms with Gasteiger partial charge in [0.05, 0.1) is 0 Å². The van der Waals surface area contributed by atoms with Crippen molar-refractivity contribution in [3.8, 4) is 0 Å². The van der Waals surface area contributed by atoms with E-state index in [1.165, 1.54) is 30.6 Å². The molecule has 0 unspecified atom stereocenters. The Balaban J connectivity index is 0.000000845. The molecule has 1 aliphatic rings. The summed E-state index contributed by atoms with van der Waals surface area (Å²) < 4.78 is 0. The number of benzene rings is 1. The Morgan fingerprint density at radius 2 is 2.15 bits per heavy atom. The fourth-order valence-electron chi connectivity index (χ4n) is 1.96. The van der Waals surface area contributed by atoms with Crippen LogP contribution in [0.2, 0.25) is 0 Å². The van der Waals surface area contributed by atoms with Crippen molar-refractivity contribution in [2.45, 2.75) is 12.8 Å². The number of hydrogen-bond donors (Lipinski definition) is 0. The maximum absolute atomic E-state index is 4.04. The van der Waals surface area contributed by atoms with Crippen molar-refractivity contribution < 1.29 is 18.9 Å². The van der Waals surface area contributed by atoms with Gasteiger partial charge in [0.15, 0.2) is 0 Å². The van der Waals surface area contributed by atoms with Gasteiger partial charge in [0, 0.05) is 6.54 Å². The van der Waals surface area contributed by atoms with Crippen LogP contribution in [0.1, 0.15) is 17.5 Å². The minimum absolute atomic E-state index is 0. The van der Waals surface area contributed by atoms with Gasteiger partial charge in [-0.15, -0.1) is 6.07 Å². The third-order valence-electron chi connectivity index (χ3n) is 2.52. The predicted octanol–water partition coefficient (Wildman–Crippen LogP) is -0.745. The van der Waals surface area contributed by atoms with Gasteiger partial charge in [0.2, 0.25) is 0 Å². The molecule has 1 heterocycles. The van der Waals surface area contributed by atoms with Crippen molar-refractivity contribution in [3.63, 3.8) is 0 Å². The van der Waals surface area contributed by atoms with E-state index < -0.39 is 0 Å². The van der Waals surface area contributed by atoms with Crippen molar-refractivity contribution in [1.29, 1.82) is 0 Å². The molecule has 1 aromatic carbocycles. The summed E-state index contributed by atoms with van der Waals surface area (Å²) >= 11 is 0. The number of fused-ring (bicyclic) bond motifs is 1. The van der Waals surface area contributed by atoms with Crippen LogP contribution < -0.4 is 23.8 Å². The van der Waals surface area contributed by atoms with Crippen molar-refractivity contribution in [2.75, 3.05) is 18.5 Å². The molecule has 2 heteroatoms. The molecule has 64 valence electrons. The largest absolute Gasteiger partial charge is 1.00 e. The van der Waals surface area contributed by atoms with E-state index in [4.69, 9.17) is 0 Å². The minimum Gasteiger partial charge on any atom is -0.425 e. The predicted molar refractivity (Wildman–Crippen MR) is 52.5 cm³/mol. The van der Waals surface area contributed by atoms with E-state index in [9.17, 15) is 0 Å². The van der Waals surface area contributed by atoms with Crippen LogP contribution in [0.3, 0.4) is 0 Å². The summed E-state index contributed by atoms with van der Waals surface area (Å²) in [6.07, 6.45) is 2.48. The Bertz CT molecular complexity index is 296. The Labute approximate surface area is 92.3 Å². The molecule has 1 aromatic rings. The average molecular weight is 167 g/mol. The van der Waals surface area contributed by atoms with Crippen LogP contribution in [-0.4, -0.2) is 13.6 Å². The Morgan fingerprint density at radius 1 is 1.38 bits per heavy atom.